The van der Waals surface area contributed by atoms with Crippen LogP contribution in [0.2, 0.25) is 0 Å². The highest BCUT2D eigenvalue weighted by Crippen LogP contribution is 2.37. The summed E-state index contributed by atoms with van der Waals surface area (Å²) in [6.07, 6.45) is 1.54. The summed E-state index contributed by atoms with van der Waals surface area (Å²) < 4.78 is 16.7. The molecule has 148 valence electrons. The summed E-state index contributed by atoms with van der Waals surface area (Å²) in [5.74, 6) is 2.57. The summed E-state index contributed by atoms with van der Waals surface area (Å²) in [5.41, 5.74) is 2.53. The Morgan fingerprint density at radius 2 is 1.60 bits per heavy atom. The van der Waals surface area contributed by atoms with Gasteiger partial charge in [-0.3, -0.25) is 4.98 Å². The van der Waals surface area contributed by atoms with E-state index in [2.05, 4.69) is 16.4 Å². The van der Waals surface area contributed by atoms with Crippen molar-refractivity contribution in [3.63, 3.8) is 0 Å². The van der Waals surface area contributed by atoms with Gasteiger partial charge in [-0.1, -0.05) is 24.3 Å². The van der Waals surface area contributed by atoms with E-state index >= 15 is 0 Å². The van der Waals surface area contributed by atoms with Crippen molar-refractivity contribution in [1.82, 2.24) is 4.98 Å². The SMILES string of the molecule is COc1cc2ncc(C#N)c(Nc3cccc(Oc4ccccc4)c3)c2cc1OC. The number of hydrogen-bond donors (Lipinski definition) is 1. The van der Waals surface area contributed by atoms with Crippen molar-refractivity contribution in [3.8, 4) is 29.1 Å². The molecule has 0 amide bonds. The van der Waals surface area contributed by atoms with Gasteiger partial charge in [0.1, 0.15) is 17.6 Å². The first-order valence-corrected chi connectivity index (χ1v) is 9.26. The van der Waals surface area contributed by atoms with Crippen molar-refractivity contribution in [3.05, 3.63) is 78.5 Å². The zero-order valence-electron chi connectivity index (χ0n) is 16.5. The molecule has 0 aliphatic rings. The molecule has 0 saturated carbocycles. The molecule has 0 unspecified atom stereocenters. The molecule has 0 radical (unpaired) electrons. The molecule has 1 aromatic heterocycles. The Morgan fingerprint density at radius 3 is 2.33 bits per heavy atom. The van der Waals surface area contributed by atoms with E-state index < -0.39 is 0 Å². The number of anilines is 2. The smallest absolute Gasteiger partial charge is 0.162 e. The highest BCUT2D eigenvalue weighted by atomic mass is 16.5. The van der Waals surface area contributed by atoms with Crippen LogP contribution in [0.25, 0.3) is 10.9 Å². The van der Waals surface area contributed by atoms with Crippen LogP contribution in [0.3, 0.4) is 0 Å². The van der Waals surface area contributed by atoms with Gasteiger partial charge < -0.3 is 19.5 Å². The van der Waals surface area contributed by atoms with Gasteiger partial charge in [-0.15, -0.1) is 0 Å². The van der Waals surface area contributed by atoms with Crippen LogP contribution in [0.15, 0.2) is 72.9 Å². The van der Waals surface area contributed by atoms with Gasteiger partial charge in [0.25, 0.3) is 0 Å². The zero-order valence-corrected chi connectivity index (χ0v) is 16.5. The molecule has 0 spiro atoms. The van der Waals surface area contributed by atoms with Gasteiger partial charge in [-0.2, -0.15) is 5.26 Å². The lowest BCUT2D eigenvalue weighted by atomic mass is 10.1. The summed E-state index contributed by atoms with van der Waals surface area (Å²) in [5, 5.41) is 13.7. The van der Waals surface area contributed by atoms with Crippen molar-refractivity contribution in [2.75, 3.05) is 19.5 Å². The molecule has 0 aliphatic carbocycles. The van der Waals surface area contributed by atoms with Crippen molar-refractivity contribution in [1.29, 1.82) is 5.26 Å². The van der Waals surface area contributed by atoms with Gasteiger partial charge in [-0.25, -0.2) is 0 Å². The second kappa shape index (κ2) is 8.41. The molecule has 30 heavy (non-hydrogen) atoms. The molecular formula is C24H19N3O3. The van der Waals surface area contributed by atoms with Gasteiger partial charge in [-0.05, 0) is 30.3 Å². The first-order chi connectivity index (χ1) is 14.7. The van der Waals surface area contributed by atoms with Gasteiger partial charge in [0.05, 0.1) is 31.0 Å². The maximum atomic E-state index is 9.62. The Balaban J connectivity index is 1.74. The van der Waals surface area contributed by atoms with Crippen molar-refractivity contribution >= 4 is 22.3 Å². The zero-order chi connectivity index (χ0) is 20.9. The number of methoxy groups -OCH3 is 2. The standard InChI is InChI=1S/C24H19N3O3/c1-28-22-12-20-21(13-23(22)29-2)26-15-16(14-25)24(20)27-17-7-6-10-19(11-17)30-18-8-4-3-5-9-18/h3-13,15H,1-2H3,(H,26,27). The van der Waals surface area contributed by atoms with Crippen LogP contribution in [-0.4, -0.2) is 19.2 Å². The molecule has 1 heterocycles. The van der Waals surface area contributed by atoms with Crippen molar-refractivity contribution < 1.29 is 14.2 Å². The van der Waals surface area contributed by atoms with Crippen molar-refractivity contribution in [2.45, 2.75) is 0 Å². The fourth-order valence-corrected chi connectivity index (χ4v) is 3.14. The van der Waals surface area contributed by atoms with E-state index in [9.17, 15) is 5.26 Å². The number of benzene rings is 3. The van der Waals surface area contributed by atoms with E-state index in [1.165, 1.54) is 0 Å². The van der Waals surface area contributed by atoms with Gasteiger partial charge in [0.2, 0.25) is 0 Å². The summed E-state index contributed by atoms with van der Waals surface area (Å²) in [6.45, 7) is 0. The van der Waals surface area contributed by atoms with Crippen LogP contribution >= 0.6 is 0 Å². The second-order valence-corrected chi connectivity index (χ2v) is 6.45. The summed E-state index contributed by atoms with van der Waals surface area (Å²) in [6, 6.07) is 22.9. The monoisotopic (exact) mass is 397 g/mol. The van der Waals surface area contributed by atoms with Gasteiger partial charge in [0, 0.05) is 29.4 Å². The molecule has 6 nitrogen and oxygen atoms in total. The molecule has 0 fully saturated rings. The largest absolute Gasteiger partial charge is 0.493 e. The van der Waals surface area contributed by atoms with E-state index in [-0.39, 0.29) is 0 Å². The Hall–Kier alpha value is -4.24. The number of aromatic nitrogens is 1. The minimum absolute atomic E-state index is 0.420. The van der Waals surface area contributed by atoms with Crippen LogP contribution in [0.5, 0.6) is 23.0 Å². The maximum Gasteiger partial charge on any atom is 0.162 e. The summed E-state index contributed by atoms with van der Waals surface area (Å²) in [4.78, 5) is 4.39. The third-order valence-electron chi connectivity index (χ3n) is 4.58. The quantitative estimate of drug-likeness (QED) is 0.452. The lowest BCUT2D eigenvalue weighted by Gasteiger charge is -2.15. The number of nitriles is 1. The minimum Gasteiger partial charge on any atom is -0.493 e. The number of pyridine rings is 1. The molecule has 0 bridgehead atoms. The van der Waals surface area contributed by atoms with E-state index in [1.807, 2.05) is 60.7 Å². The molecule has 4 aromatic rings. The highest BCUT2D eigenvalue weighted by molar-refractivity contribution is 5.97. The van der Waals surface area contributed by atoms with Crippen LogP contribution in [0.1, 0.15) is 5.56 Å². The Labute approximate surface area is 174 Å². The van der Waals surface area contributed by atoms with Crippen LogP contribution < -0.4 is 19.5 Å². The van der Waals surface area contributed by atoms with Crippen LogP contribution in [-0.2, 0) is 0 Å². The molecule has 0 saturated heterocycles. The van der Waals surface area contributed by atoms with E-state index in [0.717, 1.165) is 16.8 Å². The Morgan fingerprint density at radius 1 is 0.867 bits per heavy atom. The lowest BCUT2D eigenvalue weighted by Crippen LogP contribution is -1.99. The molecule has 0 aliphatic heterocycles. The van der Waals surface area contributed by atoms with E-state index in [0.29, 0.717) is 34.0 Å². The normalized spacial score (nSPS) is 10.3. The number of nitrogens with zero attached hydrogens (tertiary/aromatic N) is 2. The Bertz CT molecular complexity index is 1230. The van der Waals surface area contributed by atoms with E-state index in [1.54, 1.807) is 26.5 Å². The number of para-hydroxylation sites is 1. The third kappa shape index (κ3) is 3.82. The molecule has 6 heteroatoms. The molecule has 3 aromatic carbocycles. The fourth-order valence-electron chi connectivity index (χ4n) is 3.14. The molecule has 0 atom stereocenters. The van der Waals surface area contributed by atoms with Gasteiger partial charge in [0.15, 0.2) is 11.5 Å². The number of fused-ring (bicyclic) bond motifs is 1. The first-order valence-electron chi connectivity index (χ1n) is 9.26. The van der Waals surface area contributed by atoms with E-state index in [4.69, 9.17) is 14.2 Å². The average Bonchev–Trinajstić information content (AvgIpc) is 2.79. The fraction of sp³-hybridized carbons (Fsp3) is 0.0833. The Kier molecular flexibility index (Phi) is 5.35. The number of ether oxygens (including phenoxy) is 3. The number of nitrogens with one attached hydrogen (secondary N) is 1. The second-order valence-electron chi connectivity index (χ2n) is 6.45. The number of hydrogen-bond acceptors (Lipinski definition) is 6. The van der Waals surface area contributed by atoms with Crippen LogP contribution in [0.4, 0.5) is 11.4 Å². The highest BCUT2D eigenvalue weighted by Gasteiger charge is 2.14. The molecule has 4 rings (SSSR count). The van der Waals surface area contributed by atoms with Crippen molar-refractivity contribution in [2.24, 2.45) is 0 Å². The predicted octanol–water partition coefficient (Wildman–Crippen LogP) is 5.66. The third-order valence-corrected chi connectivity index (χ3v) is 4.58. The molecule has 1 N–H and O–H groups in total. The minimum atomic E-state index is 0.420. The summed E-state index contributed by atoms with van der Waals surface area (Å²) in [7, 11) is 3.15. The first kappa shape index (κ1) is 19.1. The molecular weight excluding hydrogens is 378 g/mol. The predicted molar refractivity (Wildman–Crippen MR) is 116 cm³/mol. The lowest BCUT2D eigenvalue weighted by molar-refractivity contribution is 0.356. The topological polar surface area (TPSA) is 76.4 Å². The van der Waals surface area contributed by atoms with Gasteiger partial charge >= 0.3 is 0 Å². The average molecular weight is 397 g/mol. The maximum absolute atomic E-state index is 9.62. The van der Waals surface area contributed by atoms with Crippen LogP contribution in [0, 0.1) is 11.3 Å². The number of rotatable bonds is 6. The summed E-state index contributed by atoms with van der Waals surface area (Å²) >= 11 is 0.